The number of ether oxygens (including phenoxy) is 2. The average Bonchev–Trinajstić information content (AvgIpc) is 3.01. The summed E-state index contributed by atoms with van der Waals surface area (Å²) < 4.78 is 12.1. The van der Waals surface area contributed by atoms with E-state index in [1.54, 1.807) is 30.8 Å². The molecule has 1 saturated heterocycles. The zero-order valence-corrected chi connectivity index (χ0v) is 13.6. The summed E-state index contributed by atoms with van der Waals surface area (Å²) >= 11 is 0. The highest BCUT2D eigenvalue weighted by atomic mass is 16.6. The number of cyclic esters (lactones) is 1. The summed E-state index contributed by atoms with van der Waals surface area (Å²) in [5, 5.41) is 5.05. The number of carbonyl (C=O) groups excluding carboxylic acids is 2. The number of carbonyl (C=O) groups is 2. The fourth-order valence-corrected chi connectivity index (χ4v) is 2.66. The quantitative estimate of drug-likeness (QED) is 0.807. The Labute approximate surface area is 133 Å². The molecule has 0 bridgehead atoms. The Morgan fingerprint density at radius 1 is 1.48 bits per heavy atom. The highest BCUT2D eigenvalue weighted by molar-refractivity contribution is 5.96. The van der Waals surface area contributed by atoms with Crippen LogP contribution in [0.2, 0.25) is 0 Å². The minimum absolute atomic E-state index is 0.173. The van der Waals surface area contributed by atoms with Gasteiger partial charge in [0.05, 0.1) is 17.5 Å². The molecule has 2 aromatic rings. The Morgan fingerprint density at radius 2 is 2.22 bits per heavy atom. The molecule has 0 spiro atoms. The molecule has 122 valence electrons. The van der Waals surface area contributed by atoms with Crippen molar-refractivity contribution in [2.75, 3.05) is 0 Å². The van der Waals surface area contributed by atoms with Crippen molar-refractivity contribution in [1.29, 1.82) is 0 Å². The molecule has 2 aromatic heterocycles. The predicted molar refractivity (Wildman–Crippen MR) is 82.0 cm³/mol. The van der Waals surface area contributed by atoms with Crippen LogP contribution in [0.4, 0.5) is 0 Å². The summed E-state index contributed by atoms with van der Waals surface area (Å²) in [6.45, 7) is 7.53. The molecule has 0 N–H and O–H groups in total. The first-order valence-corrected chi connectivity index (χ1v) is 7.63. The maximum absolute atomic E-state index is 12.4. The Hall–Kier alpha value is -2.44. The van der Waals surface area contributed by atoms with Crippen molar-refractivity contribution in [2.24, 2.45) is 0 Å². The molecule has 0 amide bonds. The molecular weight excluding hydrogens is 298 g/mol. The second-order valence-electron chi connectivity index (χ2n) is 6.09. The van der Waals surface area contributed by atoms with Crippen molar-refractivity contribution in [3.8, 4) is 0 Å². The predicted octanol–water partition coefficient (Wildman–Crippen LogP) is 2.18. The van der Waals surface area contributed by atoms with Gasteiger partial charge in [-0.3, -0.25) is 0 Å². The van der Waals surface area contributed by atoms with E-state index < -0.39 is 18.0 Å². The Kier molecular flexibility index (Phi) is 3.79. The molecule has 0 unspecified atom stereocenters. The van der Waals surface area contributed by atoms with E-state index in [1.165, 1.54) is 0 Å². The van der Waals surface area contributed by atoms with Crippen LogP contribution >= 0.6 is 0 Å². The third-order valence-corrected chi connectivity index (χ3v) is 3.84. The third kappa shape index (κ3) is 2.78. The summed E-state index contributed by atoms with van der Waals surface area (Å²) in [6, 6.07) is 1.88. The summed E-state index contributed by atoms with van der Waals surface area (Å²) in [5.41, 5.74) is 1.61. The number of pyridine rings is 1. The van der Waals surface area contributed by atoms with E-state index in [1.807, 2.05) is 13.8 Å². The second kappa shape index (κ2) is 5.64. The molecule has 0 saturated carbocycles. The number of fused-ring (bicyclic) bond motifs is 1. The van der Waals surface area contributed by atoms with Crippen LogP contribution in [-0.2, 0) is 14.3 Å². The lowest BCUT2D eigenvalue weighted by Crippen LogP contribution is -2.23. The molecule has 1 aliphatic heterocycles. The lowest BCUT2D eigenvalue weighted by atomic mass is 10.1. The molecule has 0 radical (unpaired) electrons. The monoisotopic (exact) mass is 317 g/mol. The van der Waals surface area contributed by atoms with Gasteiger partial charge in [0.25, 0.3) is 0 Å². The van der Waals surface area contributed by atoms with E-state index in [0.29, 0.717) is 17.7 Å². The highest BCUT2D eigenvalue weighted by Crippen LogP contribution is 2.22. The number of aryl methyl sites for hydroxylation is 1. The van der Waals surface area contributed by atoms with Crippen molar-refractivity contribution in [2.45, 2.75) is 52.4 Å². The van der Waals surface area contributed by atoms with Gasteiger partial charge in [0.15, 0.2) is 5.65 Å². The molecule has 2 atom stereocenters. The summed E-state index contributed by atoms with van der Waals surface area (Å²) in [6.07, 6.45) is 0.979. The average molecular weight is 317 g/mol. The maximum Gasteiger partial charge on any atom is 0.347 e. The van der Waals surface area contributed by atoms with E-state index in [9.17, 15) is 9.59 Å². The number of hydrogen-bond acceptors (Lipinski definition) is 6. The van der Waals surface area contributed by atoms with Gasteiger partial charge in [-0.1, -0.05) is 0 Å². The number of nitrogens with zero attached hydrogens (tertiary/aromatic N) is 3. The van der Waals surface area contributed by atoms with Crippen LogP contribution in [0.15, 0.2) is 12.3 Å². The van der Waals surface area contributed by atoms with Crippen LogP contribution in [0.1, 0.15) is 49.3 Å². The lowest BCUT2D eigenvalue weighted by molar-refractivity contribution is -0.147. The molecule has 7 nitrogen and oxygen atoms in total. The normalized spacial score (nSPS) is 21.0. The SMILES string of the molecule is Cc1nc2c(cnn2C(C)C)cc1C(=O)O[C@@H]1C[C@H](C)OC1=O. The van der Waals surface area contributed by atoms with Gasteiger partial charge in [-0.05, 0) is 33.8 Å². The van der Waals surface area contributed by atoms with Gasteiger partial charge in [-0.2, -0.15) is 5.10 Å². The maximum atomic E-state index is 12.4. The minimum atomic E-state index is -0.842. The van der Waals surface area contributed by atoms with Gasteiger partial charge in [-0.25, -0.2) is 19.3 Å². The van der Waals surface area contributed by atoms with Gasteiger partial charge in [0, 0.05) is 17.8 Å². The first-order valence-electron chi connectivity index (χ1n) is 7.63. The van der Waals surface area contributed by atoms with Crippen molar-refractivity contribution >= 4 is 23.0 Å². The van der Waals surface area contributed by atoms with Crippen LogP contribution < -0.4 is 0 Å². The Balaban J connectivity index is 1.89. The molecule has 7 heteroatoms. The van der Waals surface area contributed by atoms with Crippen molar-refractivity contribution < 1.29 is 19.1 Å². The van der Waals surface area contributed by atoms with E-state index in [2.05, 4.69) is 10.1 Å². The van der Waals surface area contributed by atoms with Gasteiger partial charge in [0.2, 0.25) is 6.10 Å². The molecule has 1 fully saturated rings. The molecule has 23 heavy (non-hydrogen) atoms. The van der Waals surface area contributed by atoms with Crippen LogP contribution in [-0.4, -0.2) is 38.9 Å². The zero-order valence-electron chi connectivity index (χ0n) is 13.6. The van der Waals surface area contributed by atoms with Crippen molar-refractivity contribution in [3.05, 3.63) is 23.5 Å². The van der Waals surface area contributed by atoms with Gasteiger partial charge < -0.3 is 9.47 Å². The van der Waals surface area contributed by atoms with Crippen LogP contribution in [0.3, 0.4) is 0 Å². The molecule has 0 aliphatic carbocycles. The van der Waals surface area contributed by atoms with Crippen LogP contribution in [0, 0.1) is 6.92 Å². The van der Waals surface area contributed by atoms with E-state index in [0.717, 1.165) is 11.0 Å². The third-order valence-electron chi connectivity index (χ3n) is 3.84. The minimum Gasteiger partial charge on any atom is -0.460 e. The number of esters is 2. The fraction of sp³-hybridized carbons (Fsp3) is 0.500. The van der Waals surface area contributed by atoms with Crippen LogP contribution in [0.25, 0.3) is 11.0 Å². The Bertz CT molecular complexity index is 781. The lowest BCUT2D eigenvalue weighted by Gasteiger charge is -2.11. The molecule has 3 heterocycles. The summed E-state index contributed by atoms with van der Waals surface area (Å²) in [7, 11) is 0. The number of aromatic nitrogens is 3. The first-order chi connectivity index (χ1) is 10.9. The Morgan fingerprint density at radius 3 is 2.83 bits per heavy atom. The van der Waals surface area contributed by atoms with E-state index in [4.69, 9.17) is 9.47 Å². The van der Waals surface area contributed by atoms with Crippen molar-refractivity contribution in [1.82, 2.24) is 14.8 Å². The van der Waals surface area contributed by atoms with E-state index >= 15 is 0 Å². The molecule has 1 aliphatic rings. The second-order valence-corrected chi connectivity index (χ2v) is 6.09. The molecule has 3 rings (SSSR count). The zero-order chi connectivity index (χ0) is 16.7. The standard InChI is InChI=1S/C16H19N3O4/c1-8(2)19-14-11(7-17-19)6-12(10(4)18-14)15(20)23-13-5-9(3)22-16(13)21/h6-9,13H,5H2,1-4H3/t9-,13+/m0/s1. The smallest absolute Gasteiger partial charge is 0.347 e. The van der Waals surface area contributed by atoms with Gasteiger partial charge >= 0.3 is 11.9 Å². The van der Waals surface area contributed by atoms with E-state index in [-0.39, 0.29) is 12.1 Å². The fourth-order valence-electron chi connectivity index (χ4n) is 2.66. The molecule has 0 aromatic carbocycles. The molecular formula is C16H19N3O4. The topological polar surface area (TPSA) is 83.3 Å². The van der Waals surface area contributed by atoms with Gasteiger partial charge in [0.1, 0.15) is 6.10 Å². The summed E-state index contributed by atoms with van der Waals surface area (Å²) in [4.78, 5) is 28.4. The van der Waals surface area contributed by atoms with Gasteiger partial charge in [-0.15, -0.1) is 0 Å². The first kappa shape index (κ1) is 15.5. The van der Waals surface area contributed by atoms with Crippen molar-refractivity contribution in [3.63, 3.8) is 0 Å². The summed E-state index contributed by atoms with van der Waals surface area (Å²) in [5.74, 6) is -1.06. The number of hydrogen-bond donors (Lipinski definition) is 0. The number of rotatable bonds is 3. The van der Waals surface area contributed by atoms with Crippen LogP contribution in [0.5, 0.6) is 0 Å². The highest BCUT2D eigenvalue weighted by Gasteiger charge is 2.35. The largest absolute Gasteiger partial charge is 0.460 e.